The fourth-order valence-electron chi connectivity index (χ4n) is 11.1. The number of ketones is 1. The Morgan fingerprint density at radius 3 is 2.22 bits per heavy atom. The molecule has 2 aliphatic carbocycles. The highest BCUT2D eigenvalue weighted by Gasteiger charge is 2.58. The first kappa shape index (κ1) is 72.1. The van der Waals surface area contributed by atoms with Gasteiger partial charge < -0.3 is 98.0 Å². The highest BCUT2D eigenvalue weighted by Crippen LogP contribution is 2.44. The number of thioether (sulfide) groups is 1. The number of alkyl carbamates (subject to hydrolysis) is 1. The van der Waals surface area contributed by atoms with Crippen molar-refractivity contribution in [3.05, 3.63) is 53.3 Å². The molecule has 30 heteroatoms. The van der Waals surface area contributed by atoms with Crippen molar-refractivity contribution in [3.63, 3.8) is 0 Å². The predicted molar refractivity (Wildman–Crippen MR) is 330 cm³/mol. The third-order valence-corrected chi connectivity index (χ3v) is 20.7. The normalized spacial score (nSPS) is 34.8. The van der Waals surface area contributed by atoms with E-state index in [1.54, 1.807) is 14.0 Å². The lowest BCUT2D eigenvalue weighted by Crippen LogP contribution is -2.66. The highest BCUT2D eigenvalue weighted by molar-refractivity contribution is 9.09. The van der Waals surface area contributed by atoms with Crippen molar-refractivity contribution in [2.24, 2.45) is 0 Å². The summed E-state index contributed by atoms with van der Waals surface area (Å²) in [6.07, 6.45) is -12.9. The van der Waals surface area contributed by atoms with Gasteiger partial charge in [-0.25, -0.2) is 9.59 Å². The van der Waals surface area contributed by atoms with E-state index in [0.29, 0.717) is 0 Å². The van der Waals surface area contributed by atoms with Crippen LogP contribution in [-0.4, -0.2) is 232 Å². The highest BCUT2D eigenvalue weighted by atomic mass is 33.5. The molecule has 7 rings (SSSR count). The maximum absolute atomic E-state index is 15.7. The van der Waals surface area contributed by atoms with Gasteiger partial charge in [0, 0.05) is 55.9 Å². The molecular formula is C59H82N4O22S4. The Morgan fingerprint density at radius 2 is 1.56 bits per heavy atom. The molecule has 1 aromatic rings. The van der Waals surface area contributed by atoms with Crippen LogP contribution in [0.15, 0.2) is 47.8 Å². The first-order chi connectivity index (χ1) is 42.5. The maximum Gasteiger partial charge on any atom is 0.407 e. The summed E-state index contributed by atoms with van der Waals surface area (Å²) in [5.41, 5.74) is -0.0230. The number of fused-ring (bicyclic) bond motifs is 1. The van der Waals surface area contributed by atoms with E-state index in [0.717, 1.165) is 7.11 Å². The summed E-state index contributed by atoms with van der Waals surface area (Å²) in [5.74, 6) is 9.02. The summed E-state index contributed by atoms with van der Waals surface area (Å²) < 4.78 is 78.1. The van der Waals surface area contributed by atoms with Gasteiger partial charge in [0.25, 0.3) is 5.91 Å². The molecule has 0 spiro atoms. The van der Waals surface area contributed by atoms with Crippen LogP contribution in [0.2, 0.25) is 0 Å². The molecule has 4 heterocycles. The zero-order valence-corrected chi connectivity index (χ0v) is 54.8. The number of carbonyl (C=O) groups is 4. The molecule has 6 aliphatic rings. The van der Waals surface area contributed by atoms with Crippen molar-refractivity contribution in [1.29, 1.82) is 0 Å². The van der Waals surface area contributed by atoms with Gasteiger partial charge in [0.2, 0.25) is 0 Å². The van der Waals surface area contributed by atoms with Crippen LogP contribution in [0, 0.1) is 23.7 Å². The quantitative estimate of drug-likeness (QED) is 0.00964. The van der Waals surface area contributed by atoms with Gasteiger partial charge in [0.1, 0.15) is 36.6 Å². The van der Waals surface area contributed by atoms with Gasteiger partial charge in [-0.2, -0.15) is 17.2 Å². The first-order valence-electron chi connectivity index (χ1n) is 28.7. The molecule has 494 valence electrons. The molecule has 2 bridgehead atoms. The third kappa shape index (κ3) is 17.7. The van der Waals surface area contributed by atoms with Crippen LogP contribution in [-0.2, 0) is 66.5 Å². The average Bonchev–Trinajstić information content (AvgIpc) is 0.971. The topological polar surface area (TPSA) is 327 Å². The van der Waals surface area contributed by atoms with Crippen molar-refractivity contribution in [2.75, 3.05) is 65.7 Å². The Hall–Kier alpha value is -4.36. The number of carbonyl (C=O) groups excluding carboxylic acids is 4. The van der Waals surface area contributed by atoms with E-state index in [1.165, 1.54) is 95.7 Å². The van der Waals surface area contributed by atoms with Crippen LogP contribution in [0.3, 0.4) is 0 Å². The molecular weight excluding hydrogens is 1240 g/mol. The van der Waals surface area contributed by atoms with Crippen LogP contribution in [0.4, 0.5) is 10.5 Å². The SMILES string of the molecule is C=C(OC)C(=O)Nc1cc(OC)c(OC)cc1C(=O)O[C@H]1CC(O[C@@H]2C(=O)C(NC(=O)OC)C3=C(CCSSSC)[C@]2(O)C#C/C=C\C#C[C@@H]3O[C@@H]2O[C@H](C)[C@@H](NO[C@H]3C[C@H](O)[C@H](SC)[C@@H](C)O3)[C@H](O)[C@H]2O[C@H]2C[C@H](OC)[C@@H](NC(C)C)CO2)O[C@@H](C)[C@@H]1O. The van der Waals surface area contributed by atoms with E-state index in [4.69, 9.17) is 66.4 Å². The fourth-order valence-corrected chi connectivity index (χ4v) is 14.7. The number of anilines is 1. The number of allylic oxidation sites excluding steroid dienone is 2. The van der Waals surface area contributed by atoms with E-state index < -0.39 is 134 Å². The van der Waals surface area contributed by atoms with Gasteiger partial charge in [-0.05, 0) is 67.3 Å². The number of amides is 2. The minimum absolute atomic E-state index is 0.0375. The zero-order valence-electron chi connectivity index (χ0n) is 51.6. The van der Waals surface area contributed by atoms with Gasteiger partial charge >= 0.3 is 12.1 Å². The maximum atomic E-state index is 15.7. The molecule has 4 saturated heterocycles. The Bertz CT molecular complexity index is 2820. The van der Waals surface area contributed by atoms with E-state index in [9.17, 15) is 34.8 Å². The molecule has 4 fully saturated rings. The lowest BCUT2D eigenvalue weighted by Gasteiger charge is -2.48. The Morgan fingerprint density at radius 1 is 0.854 bits per heavy atom. The van der Waals surface area contributed by atoms with Crippen molar-refractivity contribution < 1.29 is 106 Å². The number of aliphatic hydroxyl groups is 4. The Kier molecular flexibility index (Phi) is 27.1. The molecule has 4 aliphatic heterocycles. The number of ether oxygens (including phenoxy) is 13. The largest absolute Gasteiger partial charge is 0.493 e. The number of methoxy groups -OCH3 is 5. The van der Waals surface area contributed by atoms with Gasteiger partial charge in [0.15, 0.2) is 59.9 Å². The molecule has 20 atom stereocenters. The fraction of sp³-hybridized carbons (Fsp3) is 0.661. The van der Waals surface area contributed by atoms with Crippen LogP contribution in [0.25, 0.3) is 0 Å². The lowest BCUT2D eigenvalue weighted by atomic mass is 9.71. The Labute approximate surface area is 534 Å². The molecule has 0 radical (unpaired) electrons. The lowest BCUT2D eigenvalue weighted by molar-refractivity contribution is -0.336. The second-order valence-corrected chi connectivity index (χ2v) is 27.2. The van der Waals surface area contributed by atoms with E-state index >= 15 is 4.79 Å². The molecule has 2 amide bonds. The number of nitrogens with one attached hydrogen (secondary N) is 4. The van der Waals surface area contributed by atoms with Gasteiger partial charge in [-0.3, -0.25) is 14.4 Å². The number of Topliss-reactive ketones (excluding diaryl/α,β-unsaturated/α-hetero) is 1. The summed E-state index contributed by atoms with van der Waals surface area (Å²) in [6.45, 7) is 12.7. The number of aliphatic hydroxyl groups excluding tert-OH is 3. The summed E-state index contributed by atoms with van der Waals surface area (Å²) in [7, 11) is 10.9. The standard InChI is InChI=1S/C59H82N4O22S4/c1-28(2)60-36-27-77-43(25-39(36)73-8)83-52-50(66)47(63-85-45-24-37(64)53(86-12)31(5)79-45)29(3)80-57(52)82-38-18-16-14-15-17-20-59(71)34(19-21-88-89-87-13)46(38)48(62-58(70)76-11)51(67)54(59)84-44-26-42(49(65)30(4)78-44)81-56(69)33-22-40(74-9)41(75-10)23-35(33)61-55(68)32(6)72-7/h14-15,22-23,28-31,36-39,42-45,47-50,52-54,57,60,63-66,71H,6,19,21,24-27H2,1-5,7-13H3,(H,61,68)(H,62,70)/b15-14-/t29-,30+,31-,36+,37+,38+,39+,42+,43+,44?,45+,47-,48?,49+,50+,52-,53-,54-,57+,59-/m1/s1. The molecule has 0 aromatic heterocycles. The summed E-state index contributed by atoms with van der Waals surface area (Å²) >= 11 is 1.48. The number of benzene rings is 1. The number of hydrogen-bond acceptors (Lipinski definition) is 28. The monoisotopic (exact) mass is 1330 g/mol. The van der Waals surface area contributed by atoms with E-state index in [2.05, 4.69) is 51.7 Å². The van der Waals surface area contributed by atoms with Crippen LogP contribution < -0.4 is 30.9 Å². The predicted octanol–water partition coefficient (Wildman–Crippen LogP) is 3.29. The number of hydrogen-bond donors (Lipinski definition) is 8. The van der Waals surface area contributed by atoms with E-state index in [-0.39, 0.29) is 94.7 Å². The molecule has 26 nitrogen and oxygen atoms in total. The zero-order chi connectivity index (χ0) is 64.9. The van der Waals surface area contributed by atoms with Crippen LogP contribution in [0.1, 0.15) is 70.7 Å². The average molecular weight is 1330 g/mol. The minimum Gasteiger partial charge on any atom is -0.493 e. The van der Waals surface area contributed by atoms with Crippen LogP contribution in [0.5, 0.6) is 11.5 Å². The van der Waals surface area contributed by atoms with Crippen molar-refractivity contribution >= 4 is 72.6 Å². The Balaban J connectivity index is 1.26. The summed E-state index contributed by atoms with van der Waals surface area (Å²) in [4.78, 5) is 62.6. The molecule has 0 saturated carbocycles. The van der Waals surface area contributed by atoms with Crippen molar-refractivity contribution in [2.45, 2.75) is 188 Å². The second kappa shape index (κ2) is 33.5. The first-order valence-corrected chi connectivity index (χ1v) is 34.1. The van der Waals surface area contributed by atoms with E-state index in [1.807, 2.05) is 33.3 Å². The second-order valence-electron chi connectivity index (χ2n) is 21.7. The smallest absolute Gasteiger partial charge is 0.407 e. The van der Waals surface area contributed by atoms with Crippen molar-refractivity contribution in [1.82, 2.24) is 16.1 Å². The number of rotatable bonds is 26. The van der Waals surface area contributed by atoms with Gasteiger partial charge in [0.05, 0.1) is 94.2 Å². The molecule has 1 aromatic carbocycles. The molecule has 89 heavy (non-hydrogen) atoms. The molecule has 8 N–H and O–H groups in total. The summed E-state index contributed by atoms with van der Waals surface area (Å²) in [6, 6.07) is -0.340. The van der Waals surface area contributed by atoms with Crippen LogP contribution >= 0.6 is 43.2 Å². The molecule has 2 unspecified atom stereocenters. The summed E-state index contributed by atoms with van der Waals surface area (Å²) in [5, 5.41) is 57.0. The number of esters is 1. The third-order valence-electron chi connectivity index (χ3n) is 15.6. The van der Waals surface area contributed by atoms with Crippen molar-refractivity contribution in [3.8, 4) is 35.2 Å². The number of hydroxylamine groups is 1. The minimum atomic E-state index is -2.58. The van der Waals surface area contributed by atoms with Gasteiger partial charge in [-0.1, -0.05) is 65.7 Å². The van der Waals surface area contributed by atoms with Gasteiger partial charge in [-0.15, -0.1) is 0 Å².